The number of nitrogens with zero attached hydrogens (tertiary/aromatic N) is 1. The second-order valence-corrected chi connectivity index (χ2v) is 4.93. The molecule has 96 valence electrons. The van der Waals surface area contributed by atoms with Crippen molar-refractivity contribution >= 4 is 33.5 Å². The van der Waals surface area contributed by atoms with Crippen LogP contribution in [-0.2, 0) is 14.3 Å². The quantitative estimate of drug-likeness (QED) is 0.921. The maximum absolute atomic E-state index is 11.8. The van der Waals surface area contributed by atoms with Crippen LogP contribution in [0.5, 0.6) is 0 Å². The summed E-state index contributed by atoms with van der Waals surface area (Å²) in [7, 11) is 0. The monoisotopic (exact) mass is 313 g/mol. The Kier molecular flexibility index (Phi) is 3.98. The fourth-order valence-electron chi connectivity index (χ4n) is 1.81. The summed E-state index contributed by atoms with van der Waals surface area (Å²) >= 11 is 3.32. The van der Waals surface area contributed by atoms with Gasteiger partial charge in [0.05, 0.1) is 19.1 Å². The molecule has 0 aromatic heterocycles. The molecule has 1 heterocycles. The molecule has 0 radical (unpaired) electrons. The van der Waals surface area contributed by atoms with Gasteiger partial charge < -0.3 is 14.7 Å². The first-order valence-corrected chi connectivity index (χ1v) is 6.25. The van der Waals surface area contributed by atoms with Gasteiger partial charge in [0.1, 0.15) is 6.61 Å². The minimum Gasteiger partial charge on any atom is -0.481 e. The molecular weight excluding hydrogens is 302 g/mol. The van der Waals surface area contributed by atoms with E-state index in [0.717, 1.165) is 10.2 Å². The predicted molar refractivity (Wildman–Crippen MR) is 68.5 cm³/mol. The third-order valence-corrected chi connectivity index (χ3v) is 3.20. The lowest BCUT2D eigenvalue weighted by atomic mass is 10.2. The van der Waals surface area contributed by atoms with E-state index in [9.17, 15) is 9.59 Å². The minimum absolute atomic E-state index is 0.0754. The van der Waals surface area contributed by atoms with Gasteiger partial charge in [-0.05, 0) is 24.3 Å². The van der Waals surface area contributed by atoms with E-state index in [1.165, 1.54) is 0 Å². The molecule has 1 aromatic carbocycles. The molecule has 1 aliphatic rings. The molecule has 0 bridgehead atoms. The Balaban J connectivity index is 2.12. The molecule has 0 saturated carbocycles. The first kappa shape index (κ1) is 13.0. The molecule has 2 rings (SSSR count). The van der Waals surface area contributed by atoms with E-state index in [4.69, 9.17) is 9.84 Å². The van der Waals surface area contributed by atoms with Gasteiger partial charge >= 0.3 is 5.97 Å². The number of rotatable bonds is 3. The van der Waals surface area contributed by atoms with Gasteiger partial charge in [0.15, 0.2) is 0 Å². The fourth-order valence-corrected chi connectivity index (χ4v) is 2.08. The van der Waals surface area contributed by atoms with Crippen molar-refractivity contribution in [2.24, 2.45) is 0 Å². The lowest BCUT2D eigenvalue weighted by Crippen LogP contribution is -2.47. The minimum atomic E-state index is -0.926. The van der Waals surface area contributed by atoms with E-state index in [-0.39, 0.29) is 25.5 Å². The molecule has 18 heavy (non-hydrogen) atoms. The molecule has 1 saturated heterocycles. The Bertz CT molecular complexity index is 460. The van der Waals surface area contributed by atoms with Crippen LogP contribution >= 0.6 is 15.9 Å². The molecule has 1 unspecified atom stereocenters. The molecule has 1 fully saturated rings. The summed E-state index contributed by atoms with van der Waals surface area (Å²) in [5.74, 6) is -1.08. The first-order valence-electron chi connectivity index (χ1n) is 5.45. The third-order valence-electron chi connectivity index (χ3n) is 2.67. The second-order valence-electron chi connectivity index (χ2n) is 4.01. The zero-order valence-electron chi connectivity index (χ0n) is 9.51. The van der Waals surface area contributed by atoms with E-state index in [1.54, 1.807) is 4.90 Å². The number of amides is 1. The molecule has 0 aliphatic carbocycles. The van der Waals surface area contributed by atoms with Gasteiger partial charge in [-0.1, -0.05) is 15.9 Å². The van der Waals surface area contributed by atoms with Crippen molar-refractivity contribution in [3.63, 3.8) is 0 Å². The van der Waals surface area contributed by atoms with Gasteiger partial charge in [-0.2, -0.15) is 0 Å². The number of hydrogen-bond donors (Lipinski definition) is 1. The van der Waals surface area contributed by atoms with Gasteiger partial charge in [-0.25, -0.2) is 0 Å². The summed E-state index contributed by atoms with van der Waals surface area (Å²) in [6.07, 6.45) is -0.552. The number of hydrogen-bond acceptors (Lipinski definition) is 3. The van der Waals surface area contributed by atoms with Gasteiger partial charge in [0, 0.05) is 10.2 Å². The molecule has 1 N–H and O–H groups in total. The van der Waals surface area contributed by atoms with Crippen LogP contribution in [0.15, 0.2) is 28.7 Å². The van der Waals surface area contributed by atoms with Crippen molar-refractivity contribution < 1.29 is 19.4 Å². The van der Waals surface area contributed by atoms with Crippen LogP contribution in [0.4, 0.5) is 5.69 Å². The Labute approximate surface area is 112 Å². The van der Waals surface area contributed by atoms with Crippen LogP contribution in [0, 0.1) is 0 Å². The van der Waals surface area contributed by atoms with Crippen LogP contribution in [0.25, 0.3) is 0 Å². The highest BCUT2D eigenvalue weighted by molar-refractivity contribution is 9.10. The first-order chi connectivity index (χ1) is 8.56. The summed E-state index contributed by atoms with van der Waals surface area (Å²) in [4.78, 5) is 24.0. The SMILES string of the molecule is O=C(O)CC1CN(c2ccc(Br)cc2)C(=O)CO1. The van der Waals surface area contributed by atoms with Gasteiger partial charge in [0.25, 0.3) is 5.91 Å². The zero-order valence-corrected chi connectivity index (χ0v) is 11.1. The van der Waals surface area contributed by atoms with E-state index < -0.39 is 12.1 Å². The van der Waals surface area contributed by atoms with Crippen molar-refractivity contribution in [2.45, 2.75) is 12.5 Å². The summed E-state index contributed by atoms with van der Waals surface area (Å²) in [6.45, 7) is 0.195. The largest absolute Gasteiger partial charge is 0.481 e. The Morgan fingerprint density at radius 1 is 1.44 bits per heavy atom. The maximum atomic E-state index is 11.8. The third kappa shape index (κ3) is 3.08. The van der Waals surface area contributed by atoms with Crippen LogP contribution in [0.2, 0.25) is 0 Å². The number of aliphatic carboxylic acids is 1. The molecule has 1 amide bonds. The normalized spacial score (nSPS) is 19.9. The number of carboxylic acid groups (broad SMARTS) is 1. The molecule has 5 nitrogen and oxygen atoms in total. The zero-order chi connectivity index (χ0) is 13.1. The number of carbonyl (C=O) groups excluding carboxylic acids is 1. The van der Waals surface area contributed by atoms with Crippen molar-refractivity contribution in [2.75, 3.05) is 18.1 Å². The average molecular weight is 314 g/mol. The average Bonchev–Trinajstić information content (AvgIpc) is 2.32. The lowest BCUT2D eigenvalue weighted by molar-refractivity contribution is -0.143. The molecule has 1 aliphatic heterocycles. The molecule has 1 atom stereocenters. The number of anilines is 1. The van der Waals surface area contributed by atoms with Crippen molar-refractivity contribution in [3.8, 4) is 0 Å². The van der Waals surface area contributed by atoms with E-state index in [0.29, 0.717) is 0 Å². The van der Waals surface area contributed by atoms with Gasteiger partial charge in [-0.15, -0.1) is 0 Å². The molecule has 0 spiro atoms. The van der Waals surface area contributed by atoms with E-state index in [2.05, 4.69) is 15.9 Å². The Morgan fingerprint density at radius 3 is 2.72 bits per heavy atom. The molecular formula is C12H12BrNO4. The van der Waals surface area contributed by atoms with E-state index >= 15 is 0 Å². The standard InChI is InChI=1S/C12H12BrNO4/c13-8-1-3-9(4-2-8)14-6-10(5-12(16)17)18-7-11(14)15/h1-4,10H,5-7H2,(H,16,17). The molecule has 1 aromatic rings. The topological polar surface area (TPSA) is 66.8 Å². The van der Waals surface area contributed by atoms with Crippen LogP contribution in [0.1, 0.15) is 6.42 Å². The number of morpholine rings is 1. The maximum Gasteiger partial charge on any atom is 0.306 e. The highest BCUT2D eigenvalue weighted by Gasteiger charge is 2.28. The Hall–Kier alpha value is -1.40. The van der Waals surface area contributed by atoms with Crippen LogP contribution in [-0.4, -0.2) is 36.2 Å². The number of halogens is 1. The van der Waals surface area contributed by atoms with Crippen molar-refractivity contribution in [1.82, 2.24) is 0 Å². The van der Waals surface area contributed by atoms with Gasteiger partial charge in [-0.3, -0.25) is 9.59 Å². The van der Waals surface area contributed by atoms with Gasteiger partial charge in [0.2, 0.25) is 0 Å². The Morgan fingerprint density at radius 2 is 2.11 bits per heavy atom. The number of carboxylic acids is 1. The predicted octanol–water partition coefficient (Wildman–Crippen LogP) is 1.66. The number of ether oxygens (including phenoxy) is 1. The summed E-state index contributed by atoms with van der Waals surface area (Å²) < 4.78 is 6.12. The lowest BCUT2D eigenvalue weighted by Gasteiger charge is -2.32. The summed E-state index contributed by atoms with van der Waals surface area (Å²) in [5.41, 5.74) is 0.752. The van der Waals surface area contributed by atoms with Crippen molar-refractivity contribution in [3.05, 3.63) is 28.7 Å². The smallest absolute Gasteiger partial charge is 0.306 e. The number of benzene rings is 1. The van der Waals surface area contributed by atoms with Crippen LogP contribution in [0.3, 0.4) is 0 Å². The fraction of sp³-hybridized carbons (Fsp3) is 0.333. The number of carbonyl (C=O) groups is 2. The summed E-state index contributed by atoms with van der Waals surface area (Å²) in [6, 6.07) is 7.30. The molecule has 6 heteroatoms. The van der Waals surface area contributed by atoms with Crippen LogP contribution < -0.4 is 4.90 Å². The second kappa shape index (κ2) is 5.49. The van der Waals surface area contributed by atoms with E-state index in [1.807, 2.05) is 24.3 Å². The highest BCUT2D eigenvalue weighted by Crippen LogP contribution is 2.22. The summed E-state index contributed by atoms with van der Waals surface area (Å²) in [5, 5.41) is 8.74. The highest BCUT2D eigenvalue weighted by atomic mass is 79.9. The van der Waals surface area contributed by atoms with Crippen molar-refractivity contribution in [1.29, 1.82) is 0 Å².